The highest BCUT2D eigenvalue weighted by atomic mass is 35.5. The van der Waals surface area contributed by atoms with E-state index in [-0.39, 0.29) is 21.0 Å². The van der Waals surface area contributed by atoms with Crippen molar-refractivity contribution in [2.24, 2.45) is 5.16 Å². The zero-order chi connectivity index (χ0) is 15.1. The van der Waals surface area contributed by atoms with E-state index in [9.17, 15) is 13.2 Å². The second-order valence-electron chi connectivity index (χ2n) is 4.51. The van der Waals surface area contributed by atoms with Gasteiger partial charge in [-0.3, -0.25) is 4.79 Å². The lowest BCUT2D eigenvalue weighted by molar-refractivity contribution is 0.0836. The maximum Gasteiger partial charge on any atom is 0.253 e. The number of rotatable bonds is 3. The Morgan fingerprint density at radius 3 is 2.55 bits per heavy atom. The van der Waals surface area contributed by atoms with Crippen molar-refractivity contribution in [3.05, 3.63) is 28.3 Å². The van der Waals surface area contributed by atoms with Gasteiger partial charge >= 0.3 is 0 Å². The monoisotopic (exact) mass is 335 g/mol. The largest absolute Gasteiger partial charge is 0.387 e. The van der Waals surface area contributed by atoms with Gasteiger partial charge in [0, 0.05) is 18.2 Å². The molecule has 0 spiro atoms. The highest BCUT2D eigenvalue weighted by molar-refractivity contribution is 7.90. The third kappa shape index (κ3) is 2.82. The van der Waals surface area contributed by atoms with Gasteiger partial charge in [0.1, 0.15) is 0 Å². The molecule has 0 amide bonds. The third-order valence-corrected chi connectivity index (χ3v) is 4.66. The average Bonchev–Trinajstić information content (AvgIpc) is 2.73. The zero-order valence-corrected chi connectivity index (χ0v) is 13.0. The maximum atomic E-state index is 11.9. The number of carbonyl (C=O) groups is 1. The molecule has 1 atom stereocenters. The molecule has 0 radical (unpaired) electrons. The molecule has 0 bridgehead atoms. The zero-order valence-electron chi connectivity index (χ0n) is 10.7. The van der Waals surface area contributed by atoms with Gasteiger partial charge in [0.15, 0.2) is 15.9 Å². The van der Waals surface area contributed by atoms with Crippen LogP contribution in [0.2, 0.25) is 5.02 Å². The fourth-order valence-corrected chi connectivity index (χ4v) is 3.58. The summed E-state index contributed by atoms with van der Waals surface area (Å²) in [5.74, 6) is 0. The lowest BCUT2D eigenvalue weighted by atomic mass is 10.0. The molecule has 0 aromatic heterocycles. The van der Waals surface area contributed by atoms with Crippen LogP contribution < -0.4 is 0 Å². The summed E-state index contributed by atoms with van der Waals surface area (Å²) in [6.07, 6.45) is 0.832. The fraction of sp³-hybridized carbons (Fsp3) is 0.333. The number of hydrogen-bond acceptors (Lipinski definition) is 5. The Kier molecular flexibility index (Phi) is 4.09. The van der Waals surface area contributed by atoms with Gasteiger partial charge in [-0.25, -0.2) is 8.42 Å². The van der Waals surface area contributed by atoms with Crippen LogP contribution in [0.1, 0.15) is 35.4 Å². The van der Waals surface area contributed by atoms with E-state index in [1.54, 1.807) is 6.92 Å². The summed E-state index contributed by atoms with van der Waals surface area (Å²) in [5.41, 5.74) is 0.985. The Hall–Kier alpha value is -1.11. The van der Waals surface area contributed by atoms with Crippen LogP contribution in [0.4, 0.5) is 0 Å². The van der Waals surface area contributed by atoms with Gasteiger partial charge in [0.05, 0.1) is 21.2 Å². The number of benzene rings is 1. The molecule has 2 rings (SSSR count). The SMILES string of the molecule is CC1=NOC(c2c(S(C)(=O)=O)ccc(C(=O)Cl)c2Cl)C1. The molecular weight excluding hydrogens is 325 g/mol. The molecule has 1 unspecified atom stereocenters. The van der Waals surface area contributed by atoms with Crippen LogP contribution in [-0.4, -0.2) is 25.6 Å². The molecule has 20 heavy (non-hydrogen) atoms. The summed E-state index contributed by atoms with van der Waals surface area (Å²) in [6, 6.07) is 2.60. The molecule has 8 heteroatoms. The van der Waals surface area contributed by atoms with Crippen molar-refractivity contribution in [2.45, 2.75) is 24.3 Å². The van der Waals surface area contributed by atoms with Crippen molar-refractivity contribution in [3.63, 3.8) is 0 Å². The predicted molar refractivity (Wildman–Crippen MR) is 76.3 cm³/mol. The first-order chi connectivity index (χ1) is 9.21. The van der Waals surface area contributed by atoms with Crippen LogP contribution in [0.3, 0.4) is 0 Å². The standard InChI is InChI=1S/C12H11Cl2NO4S/c1-6-5-8(19-15-6)10-9(20(2,17)18)4-3-7(11(10)13)12(14)16/h3-4,8H,5H2,1-2H3. The quantitative estimate of drug-likeness (QED) is 0.796. The Morgan fingerprint density at radius 1 is 1.45 bits per heavy atom. The summed E-state index contributed by atoms with van der Waals surface area (Å²) in [4.78, 5) is 16.5. The number of carbonyl (C=O) groups excluding carboxylic acids is 1. The molecule has 1 aliphatic rings. The predicted octanol–water partition coefficient (Wildman–Crippen LogP) is 2.96. The van der Waals surface area contributed by atoms with E-state index in [0.717, 1.165) is 6.26 Å². The van der Waals surface area contributed by atoms with Crippen LogP contribution in [0, 0.1) is 0 Å². The van der Waals surface area contributed by atoms with Crippen LogP contribution in [0.5, 0.6) is 0 Å². The molecular formula is C12H11Cl2NO4S. The van der Waals surface area contributed by atoms with Crippen LogP contribution in [-0.2, 0) is 14.7 Å². The Labute approximate surface area is 126 Å². The first-order valence-corrected chi connectivity index (χ1v) is 8.28. The van der Waals surface area contributed by atoms with Crippen LogP contribution >= 0.6 is 23.2 Å². The summed E-state index contributed by atoms with van der Waals surface area (Å²) in [7, 11) is -3.52. The Bertz CT molecular complexity index is 712. The van der Waals surface area contributed by atoms with E-state index in [1.807, 2.05) is 0 Å². The molecule has 1 aromatic carbocycles. The molecule has 5 nitrogen and oxygen atoms in total. The highest BCUT2D eigenvalue weighted by Gasteiger charge is 2.31. The summed E-state index contributed by atoms with van der Waals surface area (Å²) in [5, 5.41) is 3.01. The maximum absolute atomic E-state index is 11.9. The lowest BCUT2D eigenvalue weighted by Crippen LogP contribution is -2.10. The lowest BCUT2D eigenvalue weighted by Gasteiger charge is -2.16. The van der Waals surface area contributed by atoms with E-state index in [2.05, 4.69) is 5.16 Å². The second kappa shape index (κ2) is 5.35. The molecule has 1 aliphatic heterocycles. The third-order valence-electron chi connectivity index (χ3n) is 2.89. The molecule has 0 aliphatic carbocycles. The minimum absolute atomic E-state index is 0.0113. The van der Waals surface area contributed by atoms with Gasteiger partial charge in [-0.2, -0.15) is 0 Å². The summed E-state index contributed by atoms with van der Waals surface area (Å²) < 4.78 is 23.7. The summed E-state index contributed by atoms with van der Waals surface area (Å²) in [6.45, 7) is 1.75. The Balaban J connectivity index is 2.67. The van der Waals surface area contributed by atoms with E-state index in [1.165, 1.54) is 12.1 Å². The van der Waals surface area contributed by atoms with Gasteiger partial charge in [-0.15, -0.1) is 0 Å². The number of sulfone groups is 1. The topological polar surface area (TPSA) is 72.8 Å². The normalized spacial score (nSPS) is 18.6. The van der Waals surface area contributed by atoms with Crippen molar-refractivity contribution in [1.82, 2.24) is 0 Å². The van der Waals surface area contributed by atoms with Gasteiger partial charge in [0.25, 0.3) is 5.24 Å². The number of nitrogens with zero attached hydrogens (tertiary/aromatic N) is 1. The van der Waals surface area contributed by atoms with Crippen molar-refractivity contribution in [2.75, 3.05) is 6.26 Å². The van der Waals surface area contributed by atoms with E-state index >= 15 is 0 Å². The molecule has 108 valence electrons. The van der Waals surface area contributed by atoms with Crippen molar-refractivity contribution >= 4 is 44.0 Å². The van der Waals surface area contributed by atoms with Crippen LogP contribution in [0.25, 0.3) is 0 Å². The van der Waals surface area contributed by atoms with Gasteiger partial charge in [-0.1, -0.05) is 16.8 Å². The highest BCUT2D eigenvalue weighted by Crippen LogP contribution is 2.38. The van der Waals surface area contributed by atoms with Crippen molar-refractivity contribution < 1.29 is 18.0 Å². The van der Waals surface area contributed by atoms with Crippen LogP contribution in [0.15, 0.2) is 22.2 Å². The molecule has 0 saturated carbocycles. The van der Waals surface area contributed by atoms with E-state index in [4.69, 9.17) is 28.0 Å². The smallest absolute Gasteiger partial charge is 0.253 e. The Morgan fingerprint density at radius 2 is 2.10 bits per heavy atom. The average molecular weight is 336 g/mol. The van der Waals surface area contributed by atoms with E-state index in [0.29, 0.717) is 12.1 Å². The summed E-state index contributed by atoms with van der Waals surface area (Å²) >= 11 is 11.6. The van der Waals surface area contributed by atoms with Gasteiger partial charge < -0.3 is 4.84 Å². The molecule has 0 saturated heterocycles. The number of halogens is 2. The first-order valence-electron chi connectivity index (χ1n) is 5.63. The fourth-order valence-electron chi connectivity index (χ4n) is 2.00. The van der Waals surface area contributed by atoms with Crippen molar-refractivity contribution in [3.8, 4) is 0 Å². The van der Waals surface area contributed by atoms with Gasteiger partial charge in [0.2, 0.25) is 0 Å². The van der Waals surface area contributed by atoms with Crippen molar-refractivity contribution in [1.29, 1.82) is 0 Å². The molecule has 0 N–H and O–H groups in total. The minimum Gasteiger partial charge on any atom is -0.387 e. The first kappa shape index (κ1) is 15.3. The number of hydrogen-bond donors (Lipinski definition) is 0. The van der Waals surface area contributed by atoms with E-state index < -0.39 is 21.2 Å². The molecule has 0 fully saturated rings. The number of oxime groups is 1. The second-order valence-corrected chi connectivity index (χ2v) is 7.21. The molecule has 1 heterocycles. The van der Waals surface area contributed by atoms with Gasteiger partial charge in [-0.05, 0) is 30.7 Å². The minimum atomic E-state index is -3.52. The molecule has 1 aromatic rings.